The molecule has 5 atom stereocenters. The Morgan fingerprint density at radius 1 is 0.914 bits per heavy atom. The third kappa shape index (κ3) is 3.49. The van der Waals surface area contributed by atoms with Crippen molar-refractivity contribution in [3.63, 3.8) is 0 Å². The van der Waals surface area contributed by atoms with Crippen molar-refractivity contribution >= 4 is 40.7 Å². The van der Waals surface area contributed by atoms with Crippen molar-refractivity contribution in [2.75, 3.05) is 10.2 Å². The summed E-state index contributed by atoms with van der Waals surface area (Å²) in [4.78, 5) is 41.9. The summed E-state index contributed by atoms with van der Waals surface area (Å²) in [6.45, 7) is 1.88. The summed E-state index contributed by atoms with van der Waals surface area (Å²) in [5.41, 5.74) is 3.35. The van der Waals surface area contributed by atoms with Gasteiger partial charge in [-0.05, 0) is 72.9 Å². The van der Waals surface area contributed by atoms with Gasteiger partial charge in [-0.1, -0.05) is 60.1 Å². The van der Waals surface area contributed by atoms with E-state index in [-0.39, 0.29) is 41.4 Å². The van der Waals surface area contributed by atoms with Gasteiger partial charge in [0.15, 0.2) is 0 Å². The molecular weight excluding hydrogens is 460 g/mol. The monoisotopic (exact) mass is 484 g/mol. The van der Waals surface area contributed by atoms with Gasteiger partial charge < -0.3 is 5.32 Å². The van der Waals surface area contributed by atoms with Gasteiger partial charge in [-0.25, -0.2) is 4.90 Å². The van der Waals surface area contributed by atoms with Crippen LogP contribution in [0.2, 0.25) is 5.02 Å². The average Bonchev–Trinajstić information content (AvgIpc) is 3.53. The van der Waals surface area contributed by atoms with Gasteiger partial charge in [0.2, 0.25) is 11.8 Å². The third-order valence-electron chi connectivity index (χ3n) is 8.08. The van der Waals surface area contributed by atoms with Crippen LogP contribution in [-0.2, 0) is 9.59 Å². The molecular formula is C29H25ClN2O3. The predicted octanol–water partition coefficient (Wildman–Crippen LogP) is 5.83. The van der Waals surface area contributed by atoms with Crippen molar-refractivity contribution in [3.8, 4) is 0 Å². The summed E-state index contributed by atoms with van der Waals surface area (Å²) in [5, 5.41) is 3.41. The molecule has 1 N–H and O–H groups in total. The van der Waals surface area contributed by atoms with Crippen LogP contribution >= 0.6 is 11.6 Å². The lowest BCUT2D eigenvalue weighted by Crippen LogP contribution is -2.34. The van der Waals surface area contributed by atoms with Gasteiger partial charge in [-0.15, -0.1) is 0 Å². The van der Waals surface area contributed by atoms with Crippen LogP contribution in [0.25, 0.3) is 0 Å². The lowest BCUT2D eigenvalue weighted by atomic mass is 9.73. The number of hydrogen-bond donors (Lipinski definition) is 1. The highest BCUT2D eigenvalue weighted by Gasteiger charge is 2.64. The molecule has 35 heavy (non-hydrogen) atoms. The number of hydrogen-bond acceptors (Lipinski definition) is 3. The SMILES string of the molecule is Cc1ccc(Cl)cc1NC(=O)c1ccccc1N1C(=O)[C@@H]2[C@@H]3C[C@@H]([C@H]2C1=O)[C@@H](c1ccccc1)C3. The van der Waals surface area contributed by atoms with E-state index in [9.17, 15) is 14.4 Å². The first-order chi connectivity index (χ1) is 16.9. The van der Waals surface area contributed by atoms with Crippen molar-refractivity contribution in [2.45, 2.75) is 25.7 Å². The minimum absolute atomic E-state index is 0.156. The number of aryl methyl sites for hydroxylation is 1. The quantitative estimate of drug-likeness (QED) is 0.474. The summed E-state index contributed by atoms with van der Waals surface area (Å²) in [6, 6.07) is 22.4. The van der Waals surface area contributed by atoms with Gasteiger partial charge in [-0.2, -0.15) is 0 Å². The summed E-state index contributed by atoms with van der Waals surface area (Å²) < 4.78 is 0. The van der Waals surface area contributed by atoms with Crippen LogP contribution < -0.4 is 10.2 Å². The lowest BCUT2D eigenvalue weighted by molar-refractivity contribution is -0.123. The number of amides is 3. The molecule has 0 spiro atoms. The average molecular weight is 485 g/mol. The van der Waals surface area contributed by atoms with Crippen molar-refractivity contribution in [1.82, 2.24) is 0 Å². The molecule has 176 valence electrons. The number of nitrogens with zero attached hydrogens (tertiary/aromatic N) is 1. The number of carbonyl (C=O) groups excluding carboxylic acids is 3. The number of nitrogens with one attached hydrogen (secondary N) is 1. The zero-order chi connectivity index (χ0) is 24.3. The Morgan fingerprint density at radius 3 is 2.43 bits per heavy atom. The van der Waals surface area contributed by atoms with Crippen molar-refractivity contribution in [1.29, 1.82) is 0 Å². The minimum Gasteiger partial charge on any atom is -0.322 e. The predicted molar refractivity (Wildman–Crippen MR) is 135 cm³/mol. The van der Waals surface area contributed by atoms with E-state index >= 15 is 0 Å². The smallest absolute Gasteiger partial charge is 0.257 e. The number of halogens is 1. The fraction of sp³-hybridized carbons (Fsp3) is 0.276. The second kappa shape index (κ2) is 8.35. The maximum Gasteiger partial charge on any atom is 0.257 e. The Balaban J connectivity index is 1.31. The molecule has 0 radical (unpaired) electrons. The number of anilines is 2. The molecule has 3 fully saturated rings. The number of imide groups is 1. The molecule has 3 amide bonds. The number of fused-ring (bicyclic) bond motifs is 5. The van der Waals surface area contributed by atoms with Gasteiger partial charge in [-0.3, -0.25) is 14.4 Å². The van der Waals surface area contributed by atoms with E-state index in [0.29, 0.717) is 27.9 Å². The van der Waals surface area contributed by atoms with Crippen LogP contribution in [0, 0.1) is 30.6 Å². The molecule has 1 aliphatic heterocycles. The van der Waals surface area contributed by atoms with Crippen LogP contribution in [0.4, 0.5) is 11.4 Å². The highest BCUT2D eigenvalue weighted by molar-refractivity contribution is 6.31. The summed E-state index contributed by atoms with van der Waals surface area (Å²) in [7, 11) is 0. The van der Waals surface area contributed by atoms with E-state index in [4.69, 9.17) is 11.6 Å². The Bertz CT molecular complexity index is 1360. The highest BCUT2D eigenvalue weighted by atomic mass is 35.5. The molecule has 3 aromatic rings. The molecule has 6 heteroatoms. The topological polar surface area (TPSA) is 66.5 Å². The number of rotatable bonds is 4. The largest absolute Gasteiger partial charge is 0.322 e. The molecule has 5 nitrogen and oxygen atoms in total. The van der Waals surface area contributed by atoms with Gasteiger partial charge in [0, 0.05) is 10.7 Å². The molecule has 3 aromatic carbocycles. The van der Waals surface area contributed by atoms with Crippen LogP contribution in [-0.4, -0.2) is 17.7 Å². The van der Waals surface area contributed by atoms with E-state index in [1.165, 1.54) is 10.5 Å². The summed E-state index contributed by atoms with van der Waals surface area (Å²) in [5.74, 6) is -0.685. The molecule has 2 bridgehead atoms. The first-order valence-corrected chi connectivity index (χ1v) is 12.4. The molecule has 1 saturated heterocycles. The van der Waals surface area contributed by atoms with E-state index in [0.717, 1.165) is 18.4 Å². The zero-order valence-electron chi connectivity index (χ0n) is 19.3. The zero-order valence-corrected chi connectivity index (χ0v) is 20.0. The van der Waals surface area contributed by atoms with Crippen molar-refractivity contribution < 1.29 is 14.4 Å². The molecule has 2 aliphatic carbocycles. The number of para-hydroxylation sites is 1. The maximum atomic E-state index is 13.8. The Kier molecular flexibility index (Phi) is 5.26. The maximum absolute atomic E-state index is 13.8. The first kappa shape index (κ1) is 22.1. The van der Waals surface area contributed by atoms with Crippen molar-refractivity contribution in [2.24, 2.45) is 23.7 Å². The van der Waals surface area contributed by atoms with Crippen LogP contribution in [0.1, 0.15) is 40.2 Å². The summed E-state index contributed by atoms with van der Waals surface area (Å²) in [6.07, 6.45) is 1.84. The molecule has 3 aliphatic rings. The molecule has 6 rings (SSSR count). The molecule has 0 unspecified atom stereocenters. The first-order valence-electron chi connectivity index (χ1n) is 12.0. The molecule has 1 heterocycles. The van der Waals surface area contributed by atoms with Crippen LogP contribution in [0.3, 0.4) is 0 Å². The lowest BCUT2D eigenvalue weighted by Gasteiger charge is -2.28. The van der Waals surface area contributed by atoms with E-state index < -0.39 is 0 Å². The fourth-order valence-electron chi connectivity index (χ4n) is 6.56. The normalized spacial score (nSPS) is 26.8. The van der Waals surface area contributed by atoms with Crippen molar-refractivity contribution in [3.05, 3.63) is 94.5 Å². The van der Waals surface area contributed by atoms with Gasteiger partial charge in [0.25, 0.3) is 5.91 Å². The Hall–Kier alpha value is -3.44. The Morgan fingerprint density at radius 2 is 1.63 bits per heavy atom. The second-order valence-electron chi connectivity index (χ2n) is 9.91. The van der Waals surface area contributed by atoms with Crippen LogP contribution in [0.5, 0.6) is 0 Å². The van der Waals surface area contributed by atoms with E-state index in [1.807, 2.05) is 31.2 Å². The molecule has 2 saturated carbocycles. The number of carbonyl (C=O) groups is 3. The second-order valence-corrected chi connectivity index (χ2v) is 10.3. The highest BCUT2D eigenvalue weighted by Crippen LogP contribution is 2.62. The van der Waals surface area contributed by atoms with Gasteiger partial charge in [0.1, 0.15) is 0 Å². The van der Waals surface area contributed by atoms with Gasteiger partial charge in [0.05, 0.1) is 23.1 Å². The minimum atomic E-state index is -0.381. The Labute approximate surface area is 209 Å². The third-order valence-corrected chi connectivity index (χ3v) is 8.32. The summed E-state index contributed by atoms with van der Waals surface area (Å²) >= 11 is 6.11. The fourth-order valence-corrected chi connectivity index (χ4v) is 6.73. The van der Waals surface area contributed by atoms with E-state index in [2.05, 4.69) is 17.4 Å². The standard InChI is InChI=1S/C29H25ClN2O3/c1-16-11-12-19(30)15-23(16)31-27(33)20-9-5-6-10-24(20)32-28(34)25-18-13-21(17-7-3-2-4-8-17)22(14-18)26(25)29(32)35/h2-12,15,18,21-22,25-26H,13-14H2,1H3,(H,31,33)/t18-,21+,22+,25+,26+/m0/s1. The van der Waals surface area contributed by atoms with Crippen LogP contribution in [0.15, 0.2) is 72.8 Å². The number of benzene rings is 3. The van der Waals surface area contributed by atoms with E-state index in [1.54, 1.807) is 36.4 Å². The van der Waals surface area contributed by atoms with Gasteiger partial charge >= 0.3 is 0 Å². The molecule has 0 aromatic heterocycles.